The second-order valence-corrected chi connectivity index (χ2v) is 2.82. The van der Waals surface area contributed by atoms with E-state index in [0.717, 1.165) is 12.8 Å². The van der Waals surface area contributed by atoms with Crippen LogP contribution in [0.3, 0.4) is 0 Å². The van der Waals surface area contributed by atoms with Crippen LogP contribution in [0.4, 0.5) is 0 Å². The molecule has 0 spiro atoms. The fraction of sp³-hybridized carbons (Fsp3) is 1.00. The minimum absolute atomic E-state index is 0.108. The Morgan fingerprint density at radius 1 is 1.50 bits per heavy atom. The fourth-order valence-corrected chi connectivity index (χ4v) is 0.535. The van der Waals surface area contributed by atoms with E-state index in [1.165, 1.54) is 0 Å². The highest BCUT2D eigenvalue weighted by Crippen LogP contribution is 2.04. The zero-order chi connectivity index (χ0) is 6.62. The smallest absolute Gasteiger partial charge is 0.0431 e. The number of rotatable bonds is 3. The van der Waals surface area contributed by atoms with Crippen molar-refractivity contribution < 1.29 is 5.11 Å². The van der Waals surface area contributed by atoms with Crippen LogP contribution in [0.15, 0.2) is 0 Å². The van der Waals surface area contributed by atoms with Crippen molar-refractivity contribution in [3.8, 4) is 0 Å². The largest absolute Gasteiger partial charge is 0.396 e. The van der Waals surface area contributed by atoms with Gasteiger partial charge < -0.3 is 10.8 Å². The number of hydrogen-bond acceptors (Lipinski definition) is 2. The van der Waals surface area contributed by atoms with Crippen molar-refractivity contribution in [2.45, 2.75) is 32.2 Å². The Morgan fingerprint density at radius 3 is 2.12 bits per heavy atom. The average Bonchev–Trinajstić information content (AvgIpc) is 1.59. The summed E-state index contributed by atoms with van der Waals surface area (Å²) in [6.45, 7) is 4.17. The third-order valence-electron chi connectivity index (χ3n) is 0.979. The molecule has 8 heavy (non-hydrogen) atoms. The van der Waals surface area contributed by atoms with E-state index in [0.29, 0.717) is 0 Å². The average molecular weight is 117 g/mol. The normalized spacial score (nSPS) is 12.0. The fourth-order valence-electron chi connectivity index (χ4n) is 0.535. The van der Waals surface area contributed by atoms with Gasteiger partial charge in [0, 0.05) is 12.1 Å². The van der Waals surface area contributed by atoms with Crippen molar-refractivity contribution in [3.63, 3.8) is 0 Å². The first kappa shape index (κ1) is 7.92. The maximum atomic E-state index is 8.37. The summed E-state index contributed by atoms with van der Waals surface area (Å²) in [7, 11) is 0. The van der Waals surface area contributed by atoms with Gasteiger partial charge in [-0.2, -0.15) is 0 Å². The second kappa shape index (κ2) is 3.05. The molecule has 50 valence electrons. The topological polar surface area (TPSA) is 46.2 Å². The molecule has 0 aromatic carbocycles. The van der Waals surface area contributed by atoms with Crippen LogP contribution < -0.4 is 5.73 Å². The van der Waals surface area contributed by atoms with E-state index in [9.17, 15) is 0 Å². The van der Waals surface area contributed by atoms with Gasteiger partial charge >= 0.3 is 0 Å². The van der Waals surface area contributed by atoms with Gasteiger partial charge in [0.15, 0.2) is 0 Å². The van der Waals surface area contributed by atoms with Gasteiger partial charge in [-0.05, 0) is 26.7 Å². The maximum Gasteiger partial charge on any atom is 0.0431 e. The molecule has 0 heterocycles. The Bertz CT molecular complexity index is 56.0. The molecule has 0 aliphatic carbocycles. The lowest BCUT2D eigenvalue weighted by molar-refractivity contribution is 0.269. The molecule has 0 aromatic heterocycles. The minimum Gasteiger partial charge on any atom is -0.396 e. The Balaban J connectivity index is 3.11. The lowest BCUT2D eigenvalue weighted by atomic mass is 10.0. The van der Waals surface area contributed by atoms with Crippen molar-refractivity contribution >= 4 is 0 Å². The number of hydrogen-bond donors (Lipinski definition) is 2. The Hall–Kier alpha value is -0.0800. The van der Waals surface area contributed by atoms with E-state index in [2.05, 4.69) is 0 Å². The van der Waals surface area contributed by atoms with Crippen molar-refractivity contribution in [2.75, 3.05) is 6.61 Å². The molecule has 0 unspecified atom stereocenters. The molecule has 0 saturated carbocycles. The summed E-state index contributed by atoms with van der Waals surface area (Å²) in [5.41, 5.74) is 5.50. The molecule has 0 aromatic rings. The molecule has 0 amide bonds. The molecule has 0 fully saturated rings. The highest BCUT2D eigenvalue weighted by atomic mass is 16.2. The highest BCUT2D eigenvalue weighted by Gasteiger charge is 2.07. The minimum atomic E-state index is -0.108. The van der Waals surface area contributed by atoms with Gasteiger partial charge in [0.05, 0.1) is 0 Å². The lowest BCUT2D eigenvalue weighted by Gasteiger charge is -2.16. The predicted molar refractivity (Wildman–Crippen MR) is 34.6 cm³/mol. The van der Waals surface area contributed by atoms with Crippen LogP contribution in [0.1, 0.15) is 26.7 Å². The van der Waals surface area contributed by atoms with Gasteiger partial charge in [0.25, 0.3) is 0 Å². The summed E-state index contributed by atoms with van der Waals surface area (Å²) in [6.07, 6.45) is 1.70. The van der Waals surface area contributed by atoms with Crippen LogP contribution in [0.25, 0.3) is 0 Å². The number of aliphatic hydroxyl groups is 1. The lowest BCUT2D eigenvalue weighted by Crippen LogP contribution is -2.31. The maximum absolute atomic E-state index is 8.37. The zero-order valence-electron chi connectivity index (χ0n) is 5.65. The summed E-state index contributed by atoms with van der Waals surface area (Å²) in [4.78, 5) is 0. The Labute approximate surface area is 50.7 Å². The van der Waals surface area contributed by atoms with E-state index in [1.54, 1.807) is 0 Å². The molecule has 0 bridgehead atoms. The van der Waals surface area contributed by atoms with E-state index in [1.807, 2.05) is 13.8 Å². The summed E-state index contributed by atoms with van der Waals surface area (Å²) in [5, 5.41) is 8.37. The molecule has 3 N–H and O–H groups in total. The Kier molecular flexibility index (Phi) is 3.02. The van der Waals surface area contributed by atoms with E-state index < -0.39 is 0 Å². The monoisotopic (exact) mass is 117 g/mol. The highest BCUT2D eigenvalue weighted by molar-refractivity contribution is 4.70. The van der Waals surface area contributed by atoms with Crippen molar-refractivity contribution in [1.82, 2.24) is 0 Å². The predicted octanol–water partition coefficient (Wildman–Crippen LogP) is 0.496. The van der Waals surface area contributed by atoms with Crippen molar-refractivity contribution in [3.05, 3.63) is 0 Å². The van der Waals surface area contributed by atoms with Gasteiger partial charge in [-0.25, -0.2) is 0 Å². The van der Waals surface area contributed by atoms with E-state index >= 15 is 0 Å². The third-order valence-corrected chi connectivity index (χ3v) is 0.979. The standard InChI is InChI=1S/C6H15NO/c1-6(2,7)4-3-5-8/h8H,3-5,7H2,1-2H3. The first-order chi connectivity index (χ1) is 3.56. The van der Waals surface area contributed by atoms with Crippen LogP contribution in [0, 0.1) is 0 Å². The zero-order valence-corrected chi connectivity index (χ0v) is 5.65. The van der Waals surface area contributed by atoms with Crippen LogP contribution in [0.5, 0.6) is 0 Å². The van der Waals surface area contributed by atoms with Gasteiger partial charge in [-0.3, -0.25) is 0 Å². The molecule has 0 saturated heterocycles. The van der Waals surface area contributed by atoms with Crippen LogP contribution in [-0.2, 0) is 0 Å². The van der Waals surface area contributed by atoms with Crippen LogP contribution in [0.2, 0.25) is 0 Å². The molecule has 2 heteroatoms. The SMILES string of the molecule is CC(C)(N)CCCO. The summed E-state index contributed by atoms with van der Waals surface area (Å²) < 4.78 is 0. The van der Waals surface area contributed by atoms with Gasteiger partial charge in [0.2, 0.25) is 0 Å². The van der Waals surface area contributed by atoms with Crippen LogP contribution >= 0.6 is 0 Å². The summed E-state index contributed by atoms with van der Waals surface area (Å²) in [5.74, 6) is 0. The molecule has 0 radical (unpaired) electrons. The first-order valence-corrected chi connectivity index (χ1v) is 2.96. The molecule has 0 atom stereocenters. The van der Waals surface area contributed by atoms with Crippen molar-refractivity contribution in [1.29, 1.82) is 0 Å². The third kappa shape index (κ3) is 5.92. The number of nitrogens with two attached hydrogens (primary N) is 1. The van der Waals surface area contributed by atoms with Gasteiger partial charge in [-0.1, -0.05) is 0 Å². The van der Waals surface area contributed by atoms with Crippen LogP contribution in [-0.4, -0.2) is 17.3 Å². The number of aliphatic hydroxyl groups excluding tert-OH is 1. The quantitative estimate of drug-likeness (QED) is 0.565. The van der Waals surface area contributed by atoms with E-state index in [-0.39, 0.29) is 12.1 Å². The summed E-state index contributed by atoms with van der Waals surface area (Å²) in [6, 6.07) is 0. The second-order valence-electron chi connectivity index (χ2n) is 2.82. The van der Waals surface area contributed by atoms with Gasteiger partial charge in [-0.15, -0.1) is 0 Å². The first-order valence-electron chi connectivity index (χ1n) is 2.96. The van der Waals surface area contributed by atoms with Crippen molar-refractivity contribution in [2.24, 2.45) is 5.73 Å². The molecule has 0 rings (SSSR count). The molecule has 0 aliphatic heterocycles. The van der Waals surface area contributed by atoms with Gasteiger partial charge in [0.1, 0.15) is 0 Å². The van der Waals surface area contributed by atoms with E-state index in [4.69, 9.17) is 10.8 Å². The molecule has 2 nitrogen and oxygen atoms in total. The molecule has 0 aliphatic rings. The summed E-state index contributed by atoms with van der Waals surface area (Å²) >= 11 is 0. The molecular formula is C6H15NO. The molecular weight excluding hydrogens is 102 g/mol. The Morgan fingerprint density at radius 2 is 2.00 bits per heavy atom.